The molecule has 118 valence electrons. The summed E-state index contributed by atoms with van der Waals surface area (Å²) in [5, 5.41) is 22.2. The molecule has 0 aliphatic carbocycles. The van der Waals surface area contributed by atoms with Gasteiger partial charge in [0.1, 0.15) is 0 Å². The first-order valence-electron chi connectivity index (χ1n) is 5.74. The number of nitrogens with one attached hydrogen (secondary N) is 1. The monoisotopic (exact) mass is 456 g/mol. The summed E-state index contributed by atoms with van der Waals surface area (Å²) in [7, 11) is 0. The van der Waals surface area contributed by atoms with Crippen LogP contribution in [0.4, 0.5) is 10.1 Å². The topological polar surface area (TPSA) is 75.6 Å². The van der Waals surface area contributed by atoms with Crippen LogP contribution in [0.3, 0.4) is 0 Å². The molecule has 0 heterocycles. The van der Waals surface area contributed by atoms with Gasteiger partial charge in [0.15, 0.2) is 0 Å². The second kappa shape index (κ2) is 7.53. The molecule has 0 aliphatic heterocycles. The van der Waals surface area contributed by atoms with E-state index in [4.69, 9.17) is 28.4 Å². The van der Waals surface area contributed by atoms with Crippen LogP contribution in [0.5, 0.6) is 0 Å². The molecular formula is C13H8Cl2FIN2O3-2. The first-order chi connectivity index (χ1) is 10.4. The second-order valence-electron chi connectivity index (χ2n) is 3.99. The number of amides is 1. The first-order valence-corrected chi connectivity index (χ1v) is 8.54. The van der Waals surface area contributed by atoms with E-state index in [-0.39, 0.29) is 19.0 Å². The molecule has 0 spiro atoms. The van der Waals surface area contributed by atoms with Crippen molar-refractivity contribution in [1.82, 2.24) is 3.44 Å². The summed E-state index contributed by atoms with van der Waals surface area (Å²) in [5.41, 5.74) is 0.359. The standard InChI is InChI=1S/C13H8Cl2FIN2O3/c14-9-5-6-10(17-19(21)22)12(15)11(9)13(20)18-8-3-1-7(16)2-4-8/h1-6,21H,(H,18,20)/q-2. The second-order valence-corrected chi connectivity index (χ2v) is 7.25. The Balaban J connectivity index is 2.30. The van der Waals surface area contributed by atoms with E-state index >= 15 is 0 Å². The van der Waals surface area contributed by atoms with Gasteiger partial charge in [-0.15, -0.1) is 0 Å². The van der Waals surface area contributed by atoms with Crippen molar-refractivity contribution in [3.05, 3.63) is 66.6 Å². The quantitative estimate of drug-likeness (QED) is 0.308. The summed E-state index contributed by atoms with van der Waals surface area (Å²) in [6.07, 6.45) is 0. The molecule has 0 unspecified atom stereocenters. The van der Waals surface area contributed by atoms with Crippen molar-refractivity contribution in [2.24, 2.45) is 0 Å². The van der Waals surface area contributed by atoms with E-state index in [1.54, 1.807) is 0 Å². The van der Waals surface area contributed by atoms with E-state index in [2.05, 4.69) is 5.32 Å². The Labute approximate surface area is 145 Å². The fourth-order valence-electron chi connectivity index (χ4n) is 1.61. The van der Waals surface area contributed by atoms with Gasteiger partial charge < -0.3 is 0 Å². The van der Waals surface area contributed by atoms with Crippen molar-refractivity contribution in [1.29, 1.82) is 0 Å². The Bertz CT molecular complexity index is 698. The molecule has 0 saturated carbocycles. The van der Waals surface area contributed by atoms with Gasteiger partial charge in [0.25, 0.3) is 0 Å². The third-order valence-corrected chi connectivity index (χ3v) is 5.39. The number of benzene rings is 2. The minimum atomic E-state index is -1.46. The molecule has 2 N–H and O–H groups in total. The van der Waals surface area contributed by atoms with Gasteiger partial charge in [0, 0.05) is 0 Å². The number of nitrogens with zero attached hydrogens (tertiary/aromatic N) is 1. The van der Waals surface area contributed by atoms with Crippen LogP contribution in [0, 0.1) is 14.6 Å². The first kappa shape index (κ1) is 17.4. The Morgan fingerprint density at radius 2 is 1.86 bits per heavy atom. The van der Waals surface area contributed by atoms with Crippen molar-refractivity contribution >= 4 is 34.8 Å². The molecule has 1 amide bonds. The van der Waals surface area contributed by atoms with Gasteiger partial charge in [-0.1, -0.05) is 0 Å². The van der Waals surface area contributed by atoms with Gasteiger partial charge in [0.2, 0.25) is 0 Å². The Morgan fingerprint density at radius 1 is 1.23 bits per heavy atom. The summed E-state index contributed by atoms with van der Waals surface area (Å²) in [6.45, 7) is 0. The predicted molar refractivity (Wildman–Crippen MR) is 76.5 cm³/mol. The molecule has 9 heteroatoms. The van der Waals surface area contributed by atoms with Crippen LogP contribution in [0.25, 0.3) is 0 Å². The molecule has 0 aromatic heterocycles. The third-order valence-electron chi connectivity index (χ3n) is 2.54. The molecule has 0 atom stereocenters. The Hall–Kier alpha value is -0.970. The fourth-order valence-corrected chi connectivity index (χ4v) is 3.63. The van der Waals surface area contributed by atoms with E-state index in [0.29, 0.717) is 9.26 Å². The molecule has 5 nitrogen and oxygen atoms in total. The summed E-state index contributed by atoms with van der Waals surface area (Å²) in [4.78, 5) is 12.3. The summed E-state index contributed by atoms with van der Waals surface area (Å²) in [6, 6.07) is 8.07. The number of halogens is 4. The molecule has 0 bridgehead atoms. The van der Waals surface area contributed by atoms with Crippen LogP contribution < -0.4 is 26.8 Å². The zero-order chi connectivity index (χ0) is 16.3. The molecule has 2 aromatic rings. The van der Waals surface area contributed by atoms with Gasteiger partial charge >= 0.3 is 146 Å². The Kier molecular flexibility index (Phi) is 5.95. The Morgan fingerprint density at radius 3 is 2.45 bits per heavy atom. The van der Waals surface area contributed by atoms with Crippen LogP contribution in [0.1, 0.15) is 10.4 Å². The van der Waals surface area contributed by atoms with Crippen LogP contribution in [0.15, 0.2) is 36.4 Å². The van der Waals surface area contributed by atoms with Gasteiger partial charge in [-0.05, 0) is 0 Å². The van der Waals surface area contributed by atoms with Crippen molar-refractivity contribution in [3.8, 4) is 0 Å². The number of anilines is 1. The summed E-state index contributed by atoms with van der Waals surface area (Å²) >= 11 is 10.6. The molecule has 0 fully saturated rings. The molecule has 22 heavy (non-hydrogen) atoms. The average Bonchev–Trinajstić information content (AvgIpc) is 2.44. The minimum absolute atomic E-state index is 0.00768. The fraction of sp³-hybridized carbons (Fsp3) is 0. The third kappa shape index (κ3) is 4.28. The van der Waals surface area contributed by atoms with E-state index < -0.39 is 33.2 Å². The van der Waals surface area contributed by atoms with E-state index in [9.17, 15) is 14.4 Å². The molecule has 0 radical (unpaired) electrons. The van der Waals surface area contributed by atoms with Gasteiger partial charge in [-0.25, -0.2) is 0 Å². The molecular weight excluding hydrogens is 449 g/mol. The normalized spacial score (nSPS) is 11.0. The molecule has 2 rings (SSSR count). The van der Waals surface area contributed by atoms with Crippen LogP contribution in [-0.2, 0) is 0 Å². The number of hydrogen-bond acceptors (Lipinski definition) is 4. The average molecular weight is 457 g/mol. The van der Waals surface area contributed by atoms with Crippen molar-refractivity contribution in [2.45, 2.75) is 0 Å². The predicted octanol–water partition coefficient (Wildman–Crippen LogP) is 0.747. The zero-order valence-corrected chi connectivity index (χ0v) is 14.4. The summed E-state index contributed by atoms with van der Waals surface area (Å²) < 4.78 is 13.0. The van der Waals surface area contributed by atoms with E-state index in [0.717, 1.165) is 0 Å². The summed E-state index contributed by atoms with van der Waals surface area (Å²) in [5.74, 6) is -1.03. The van der Waals surface area contributed by atoms with Crippen LogP contribution >= 0.6 is 23.2 Å². The number of carbonyl (C=O) groups is 1. The zero-order valence-electron chi connectivity index (χ0n) is 10.7. The number of hydrogen-bond donors (Lipinski definition) is 2. The van der Waals surface area contributed by atoms with Crippen molar-refractivity contribution < 1.29 is 35.9 Å². The van der Waals surface area contributed by atoms with Gasteiger partial charge in [-0.3, -0.25) is 0 Å². The molecule has 0 aliphatic rings. The molecule has 2 aromatic carbocycles. The number of rotatable bonds is 4. The maximum absolute atomic E-state index is 12.8. The van der Waals surface area contributed by atoms with E-state index in [1.807, 2.05) is 0 Å². The van der Waals surface area contributed by atoms with Crippen molar-refractivity contribution in [3.63, 3.8) is 0 Å². The molecule has 0 saturated heterocycles. The SMILES string of the molecule is O=C(Nc1ccc(F)cc1)c1c(Cl)ccc([I-]N([O-])O)c1Cl. The van der Waals surface area contributed by atoms with Crippen LogP contribution in [-0.4, -0.2) is 14.6 Å². The number of carbonyl (C=O) groups excluding carboxylic acids is 1. The van der Waals surface area contributed by atoms with Crippen LogP contribution in [0.2, 0.25) is 10.0 Å². The van der Waals surface area contributed by atoms with Gasteiger partial charge in [0.05, 0.1) is 0 Å². The van der Waals surface area contributed by atoms with Gasteiger partial charge in [-0.2, -0.15) is 0 Å². The van der Waals surface area contributed by atoms with E-state index in [1.165, 1.54) is 36.4 Å². The van der Waals surface area contributed by atoms with Crippen molar-refractivity contribution in [2.75, 3.05) is 5.32 Å². The maximum atomic E-state index is 12.8.